The highest BCUT2D eigenvalue weighted by Crippen LogP contribution is 2.21. The third-order valence-corrected chi connectivity index (χ3v) is 2.62. The zero-order chi connectivity index (χ0) is 13.1. The normalized spacial score (nSPS) is 12.4. The van der Waals surface area contributed by atoms with E-state index in [2.05, 4.69) is 10.3 Å². The molecular weight excluding hydrogens is 257 g/mol. The van der Waals surface area contributed by atoms with Crippen LogP contribution in [0.3, 0.4) is 0 Å². The molecule has 0 saturated heterocycles. The first kappa shape index (κ1) is 12.8. The second kappa shape index (κ2) is 5.35. The van der Waals surface area contributed by atoms with E-state index in [1.807, 2.05) is 0 Å². The molecule has 4 nitrogen and oxygen atoms in total. The lowest BCUT2D eigenvalue weighted by molar-refractivity contribution is 0.321. The Morgan fingerprint density at radius 3 is 2.83 bits per heavy atom. The van der Waals surface area contributed by atoms with E-state index in [0.717, 1.165) is 0 Å². The Morgan fingerprint density at radius 2 is 2.28 bits per heavy atom. The first-order valence-corrected chi connectivity index (χ1v) is 6.04. The fraction of sp³-hybridized carbons (Fsp3) is 0.333. The number of hydrogen-bond donors (Lipinski definition) is 0. The maximum atomic E-state index is 13.7. The van der Waals surface area contributed by atoms with Crippen molar-refractivity contribution in [3.05, 3.63) is 35.9 Å². The topological polar surface area (TPSA) is 39.9 Å². The van der Waals surface area contributed by atoms with E-state index in [9.17, 15) is 4.39 Å². The summed E-state index contributed by atoms with van der Waals surface area (Å²) in [6.45, 7) is 4.03. The largest absolute Gasteiger partial charge is 0.491 e. The van der Waals surface area contributed by atoms with Gasteiger partial charge in [0.25, 0.3) is 0 Å². The van der Waals surface area contributed by atoms with Gasteiger partial charge in [0.1, 0.15) is 5.69 Å². The summed E-state index contributed by atoms with van der Waals surface area (Å²) in [5.74, 6) is -0.197. The number of nitrogens with zero attached hydrogens (tertiary/aromatic N) is 3. The van der Waals surface area contributed by atoms with Crippen molar-refractivity contribution in [2.75, 3.05) is 6.61 Å². The molecule has 1 aromatic heterocycles. The molecule has 18 heavy (non-hydrogen) atoms. The van der Waals surface area contributed by atoms with Crippen LogP contribution >= 0.6 is 11.6 Å². The number of ether oxygens (including phenoxy) is 1. The number of benzene rings is 1. The van der Waals surface area contributed by atoms with E-state index in [1.54, 1.807) is 32.2 Å². The smallest absolute Gasteiger partial charge is 0.167 e. The molecule has 1 atom stereocenters. The Morgan fingerprint density at radius 1 is 1.50 bits per heavy atom. The Kier molecular flexibility index (Phi) is 3.81. The van der Waals surface area contributed by atoms with Crippen LogP contribution in [0.5, 0.6) is 5.75 Å². The van der Waals surface area contributed by atoms with Gasteiger partial charge in [-0.3, -0.25) is 0 Å². The zero-order valence-corrected chi connectivity index (χ0v) is 10.9. The third-order valence-electron chi connectivity index (χ3n) is 2.40. The second-order valence-corrected chi connectivity index (χ2v) is 4.41. The fourth-order valence-corrected chi connectivity index (χ4v) is 1.59. The molecule has 0 aliphatic rings. The van der Waals surface area contributed by atoms with Gasteiger partial charge in [-0.25, -0.2) is 9.07 Å². The van der Waals surface area contributed by atoms with Gasteiger partial charge in [-0.1, -0.05) is 5.21 Å². The maximum Gasteiger partial charge on any atom is 0.167 e. The molecule has 1 heterocycles. The number of halogens is 2. The van der Waals surface area contributed by atoms with Gasteiger partial charge in [-0.2, -0.15) is 0 Å². The van der Waals surface area contributed by atoms with Crippen molar-refractivity contribution in [1.29, 1.82) is 0 Å². The van der Waals surface area contributed by atoms with E-state index in [0.29, 0.717) is 18.0 Å². The second-order valence-electron chi connectivity index (χ2n) is 3.75. The first-order valence-electron chi connectivity index (χ1n) is 5.61. The fourth-order valence-electron chi connectivity index (χ4n) is 1.49. The van der Waals surface area contributed by atoms with Gasteiger partial charge >= 0.3 is 0 Å². The molecule has 0 fully saturated rings. The lowest BCUT2D eigenvalue weighted by Crippen LogP contribution is -1.99. The summed E-state index contributed by atoms with van der Waals surface area (Å²) >= 11 is 5.89. The van der Waals surface area contributed by atoms with Gasteiger partial charge in [-0.05, 0) is 26.0 Å². The van der Waals surface area contributed by atoms with Crippen molar-refractivity contribution in [2.45, 2.75) is 19.2 Å². The summed E-state index contributed by atoms with van der Waals surface area (Å²) in [6, 6.07) is 4.63. The molecule has 0 aliphatic carbocycles. The molecule has 0 bridgehead atoms. The Labute approximate surface area is 109 Å². The zero-order valence-electron chi connectivity index (χ0n) is 10.1. The minimum atomic E-state index is -0.426. The van der Waals surface area contributed by atoms with Crippen molar-refractivity contribution in [3.63, 3.8) is 0 Å². The number of alkyl halides is 1. The van der Waals surface area contributed by atoms with Crippen LogP contribution in [-0.4, -0.2) is 21.6 Å². The maximum absolute atomic E-state index is 13.7. The van der Waals surface area contributed by atoms with E-state index in [-0.39, 0.29) is 11.1 Å². The molecule has 0 amide bonds. The van der Waals surface area contributed by atoms with Crippen molar-refractivity contribution < 1.29 is 9.13 Å². The summed E-state index contributed by atoms with van der Waals surface area (Å²) in [6.07, 6.45) is 1.67. The van der Waals surface area contributed by atoms with E-state index in [1.165, 1.54) is 10.7 Å². The summed E-state index contributed by atoms with van der Waals surface area (Å²) in [7, 11) is 0. The third kappa shape index (κ3) is 2.61. The molecule has 96 valence electrons. The average Bonchev–Trinajstić information content (AvgIpc) is 2.81. The molecule has 2 aromatic rings. The Balaban J connectivity index is 2.30. The van der Waals surface area contributed by atoms with Crippen LogP contribution in [0.25, 0.3) is 5.69 Å². The number of rotatable bonds is 4. The van der Waals surface area contributed by atoms with E-state index in [4.69, 9.17) is 16.3 Å². The van der Waals surface area contributed by atoms with Crippen LogP contribution in [0.4, 0.5) is 4.39 Å². The highest BCUT2D eigenvalue weighted by molar-refractivity contribution is 6.20. The molecule has 0 radical (unpaired) electrons. The summed E-state index contributed by atoms with van der Waals surface area (Å²) in [4.78, 5) is 0. The highest BCUT2D eigenvalue weighted by Gasteiger charge is 2.10. The van der Waals surface area contributed by atoms with Crippen LogP contribution in [0.15, 0.2) is 24.4 Å². The summed E-state index contributed by atoms with van der Waals surface area (Å²) < 4.78 is 20.3. The van der Waals surface area contributed by atoms with Crippen LogP contribution < -0.4 is 4.74 Å². The van der Waals surface area contributed by atoms with Gasteiger partial charge in [0.05, 0.1) is 23.9 Å². The molecule has 6 heteroatoms. The monoisotopic (exact) mass is 269 g/mol. The summed E-state index contributed by atoms with van der Waals surface area (Å²) in [5.41, 5.74) is 1.22. The van der Waals surface area contributed by atoms with Gasteiger partial charge in [0.2, 0.25) is 0 Å². The SMILES string of the molecule is CCOc1ccc(-n2cc(C(C)Cl)nn2)cc1F. The highest BCUT2D eigenvalue weighted by atomic mass is 35.5. The van der Waals surface area contributed by atoms with Crippen LogP contribution in [0.1, 0.15) is 24.9 Å². The summed E-state index contributed by atoms with van der Waals surface area (Å²) in [5, 5.41) is 7.58. The molecular formula is C12H13ClFN3O. The Hall–Kier alpha value is -1.62. The molecule has 1 unspecified atom stereocenters. The van der Waals surface area contributed by atoms with Crippen molar-refractivity contribution in [3.8, 4) is 11.4 Å². The van der Waals surface area contributed by atoms with Crippen LogP contribution in [0, 0.1) is 5.82 Å². The molecule has 0 spiro atoms. The standard InChI is InChI=1S/C12H13ClFN3O/c1-3-18-12-5-4-9(6-10(12)14)17-7-11(8(2)13)15-16-17/h4-8H,3H2,1-2H3. The van der Waals surface area contributed by atoms with E-state index >= 15 is 0 Å². The molecule has 1 aromatic carbocycles. The van der Waals surface area contributed by atoms with Gasteiger partial charge < -0.3 is 4.74 Å². The lowest BCUT2D eigenvalue weighted by atomic mass is 10.3. The predicted octanol–water partition coefficient (Wildman–Crippen LogP) is 3.10. The quantitative estimate of drug-likeness (QED) is 0.801. The van der Waals surface area contributed by atoms with Crippen LogP contribution in [-0.2, 0) is 0 Å². The van der Waals surface area contributed by atoms with Gasteiger partial charge in [0.15, 0.2) is 11.6 Å². The minimum absolute atomic E-state index is 0.229. The molecule has 2 rings (SSSR count). The van der Waals surface area contributed by atoms with Crippen molar-refractivity contribution >= 4 is 11.6 Å². The Bertz CT molecular complexity index is 542. The predicted molar refractivity (Wildman–Crippen MR) is 66.8 cm³/mol. The average molecular weight is 270 g/mol. The van der Waals surface area contributed by atoms with Crippen LogP contribution in [0.2, 0.25) is 0 Å². The first-order chi connectivity index (χ1) is 8.61. The molecule has 0 N–H and O–H groups in total. The molecule has 0 aliphatic heterocycles. The van der Waals surface area contributed by atoms with E-state index < -0.39 is 5.82 Å². The number of hydrogen-bond acceptors (Lipinski definition) is 3. The van der Waals surface area contributed by atoms with Gasteiger partial charge in [-0.15, -0.1) is 16.7 Å². The van der Waals surface area contributed by atoms with Crippen molar-refractivity contribution in [1.82, 2.24) is 15.0 Å². The number of aromatic nitrogens is 3. The minimum Gasteiger partial charge on any atom is -0.491 e. The molecule has 0 saturated carbocycles. The lowest BCUT2D eigenvalue weighted by Gasteiger charge is -2.06. The van der Waals surface area contributed by atoms with Crippen molar-refractivity contribution in [2.24, 2.45) is 0 Å². The van der Waals surface area contributed by atoms with Gasteiger partial charge in [0, 0.05) is 6.07 Å².